The summed E-state index contributed by atoms with van der Waals surface area (Å²) >= 11 is 0. The highest BCUT2D eigenvalue weighted by Gasteiger charge is 2.44. The Kier molecular flexibility index (Phi) is 4.13. The Hall–Kier alpha value is -0.870. The van der Waals surface area contributed by atoms with E-state index >= 15 is 0 Å². The van der Waals surface area contributed by atoms with Crippen LogP contribution < -0.4 is 0 Å². The lowest BCUT2D eigenvalue weighted by molar-refractivity contribution is -0.191. The third-order valence-electron chi connectivity index (χ3n) is 4.62. The fourth-order valence-corrected chi connectivity index (χ4v) is 3.63. The lowest BCUT2D eigenvalue weighted by Gasteiger charge is -2.33. The second kappa shape index (κ2) is 5.86. The predicted molar refractivity (Wildman–Crippen MR) is 74.1 cm³/mol. The highest BCUT2D eigenvalue weighted by atomic mass is 16.7. The van der Waals surface area contributed by atoms with Gasteiger partial charge in [0, 0.05) is 32.1 Å². The van der Waals surface area contributed by atoms with Gasteiger partial charge in [-0.3, -0.25) is 4.79 Å². The topological polar surface area (TPSA) is 44.8 Å². The molecular formula is C16H24O4. The molecule has 1 unspecified atom stereocenters. The number of carbonyl (C=O) groups is 1. The smallest absolute Gasteiger partial charge is 0.302 e. The van der Waals surface area contributed by atoms with Crippen LogP contribution in [0.4, 0.5) is 0 Å². The van der Waals surface area contributed by atoms with Crippen LogP contribution in [0.2, 0.25) is 0 Å². The predicted octanol–water partition coefficient (Wildman–Crippen LogP) is 2.96. The van der Waals surface area contributed by atoms with Crippen molar-refractivity contribution in [1.82, 2.24) is 0 Å². The fraction of sp³-hybridized carbons (Fsp3) is 0.812. The van der Waals surface area contributed by atoms with Crippen molar-refractivity contribution in [2.75, 3.05) is 6.61 Å². The van der Waals surface area contributed by atoms with Crippen LogP contribution in [-0.2, 0) is 19.0 Å². The number of carbonyl (C=O) groups excluding carboxylic acids is 1. The Morgan fingerprint density at radius 1 is 1.30 bits per heavy atom. The van der Waals surface area contributed by atoms with Crippen LogP contribution >= 0.6 is 0 Å². The van der Waals surface area contributed by atoms with Crippen molar-refractivity contribution in [3.63, 3.8) is 0 Å². The molecule has 1 heterocycles. The molecule has 0 amide bonds. The molecule has 3 rings (SSSR count). The maximum Gasteiger partial charge on any atom is 0.302 e. The van der Waals surface area contributed by atoms with Crippen LogP contribution in [0.5, 0.6) is 0 Å². The van der Waals surface area contributed by atoms with E-state index in [0.29, 0.717) is 12.5 Å². The number of esters is 1. The van der Waals surface area contributed by atoms with Crippen molar-refractivity contribution in [2.45, 2.75) is 69.9 Å². The summed E-state index contributed by atoms with van der Waals surface area (Å²) < 4.78 is 17.6. The molecule has 1 saturated carbocycles. The minimum Gasteiger partial charge on any atom is -0.462 e. The summed E-state index contributed by atoms with van der Waals surface area (Å²) in [6.45, 7) is 2.14. The first kappa shape index (κ1) is 14.1. The second-order valence-corrected chi connectivity index (χ2v) is 6.23. The van der Waals surface area contributed by atoms with E-state index in [2.05, 4.69) is 12.2 Å². The lowest BCUT2D eigenvalue weighted by Crippen LogP contribution is -2.35. The van der Waals surface area contributed by atoms with Crippen molar-refractivity contribution in [3.8, 4) is 0 Å². The van der Waals surface area contributed by atoms with Gasteiger partial charge in [-0.25, -0.2) is 0 Å². The minimum absolute atomic E-state index is 0.00555. The van der Waals surface area contributed by atoms with Crippen LogP contribution in [0.3, 0.4) is 0 Å². The van der Waals surface area contributed by atoms with E-state index < -0.39 is 0 Å². The summed E-state index contributed by atoms with van der Waals surface area (Å²) in [5, 5.41) is 0. The summed E-state index contributed by atoms with van der Waals surface area (Å²) in [4.78, 5) is 11.1. The molecule has 1 saturated heterocycles. The molecule has 0 N–H and O–H groups in total. The Morgan fingerprint density at radius 3 is 2.85 bits per heavy atom. The first-order chi connectivity index (χ1) is 9.67. The number of ether oxygens (including phenoxy) is 3. The average Bonchev–Trinajstić information content (AvgIpc) is 2.83. The van der Waals surface area contributed by atoms with Crippen LogP contribution in [0.1, 0.15) is 51.9 Å². The third-order valence-corrected chi connectivity index (χ3v) is 4.62. The highest BCUT2D eigenvalue weighted by molar-refractivity contribution is 5.66. The average molecular weight is 280 g/mol. The van der Waals surface area contributed by atoms with Gasteiger partial charge in [-0.1, -0.05) is 18.6 Å². The monoisotopic (exact) mass is 280 g/mol. The van der Waals surface area contributed by atoms with Gasteiger partial charge < -0.3 is 14.2 Å². The summed E-state index contributed by atoms with van der Waals surface area (Å²) in [5.41, 5.74) is 0. The van der Waals surface area contributed by atoms with Crippen molar-refractivity contribution < 1.29 is 19.0 Å². The van der Waals surface area contributed by atoms with Crippen LogP contribution in [0.25, 0.3) is 0 Å². The molecule has 20 heavy (non-hydrogen) atoms. The minimum atomic E-state index is -0.314. The molecule has 0 aromatic carbocycles. The maximum atomic E-state index is 11.1. The quantitative estimate of drug-likeness (QED) is 0.576. The molecule has 2 fully saturated rings. The Morgan fingerprint density at radius 2 is 2.10 bits per heavy atom. The molecule has 112 valence electrons. The van der Waals surface area contributed by atoms with Gasteiger partial charge in [0.05, 0.1) is 12.7 Å². The zero-order valence-corrected chi connectivity index (χ0v) is 12.2. The van der Waals surface area contributed by atoms with Gasteiger partial charge in [0.1, 0.15) is 6.10 Å². The van der Waals surface area contributed by atoms with Gasteiger partial charge in [-0.05, 0) is 19.3 Å². The van der Waals surface area contributed by atoms with Gasteiger partial charge in [-0.2, -0.15) is 0 Å². The standard InChI is InChI=1S/C16H24O4/c1-12(17)19-14-7-5-6-13(10-14)15-11-18-16(20-15)8-3-2-4-9-16/h5-6,13-15H,2-4,7-11H2,1H3/t13?,14-,15+/m0/s1. The molecule has 0 aromatic rings. The van der Waals surface area contributed by atoms with E-state index in [4.69, 9.17) is 14.2 Å². The fourth-order valence-electron chi connectivity index (χ4n) is 3.63. The van der Waals surface area contributed by atoms with Gasteiger partial charge in [-0.15, -0.1) is 0 Å². The molecule has 0 aromatic heterocycles. The van der Waals surface area contributed by atoms with Gasteiger partial charge in [0.2, 0.25) is 0 Å². The van der Waals surface area contributed by atoms with E-state index in [1.54, 1.807) is 0 Å². The third kappa shape index (κ3) is 3.07. The Balaban J connectivity index is 1.58. The van der Waals surface area contributed by atoms with Crippen LogP contribution in [0, 0.1) is 5.92 Å². The van der Waals surface area contributed by atoms with Crippen molar-refractivity contribution >= 4 is 5.97 Å². The Bertz CT molecular complexity index is 384. The first-order valence-electron chi connectivity index (χ1n) is 7.82. The summed E-state index contributed by atoms with van der Waals surface area (Å²) in [6, 6.07) is 0. The lowest BCUT2D eigenvalue weighted by atomic mass is 9.89. The molecule has 0 bridgehead atoms. The van der Waals surface area contributed by atoms with Crippen molar-refractivity contribution in [3.05, 3.63) is 12.2 Å². The van der Waals surface area contributed by atoms with Crippen molar-refractivity contribution in [1.29, 1.82) is 0 Å². The first-order valence-corrected chi connectivity index (χ1v) is 7.82. The molecule has 4 heteroatoms. The highest BCUT2D eigenvalue weighted by Crippen LogP contribution is 2.41. The van der Waals surface area contributed by atoms with Crippen LogP contribution in [-0.4, -0.2) is 30.6 Å². The molecule has 1 spiro atoms. The SMILES string of the molecule is CC(=O)O[C@H]1CC=CC([C@H]2COC3(CCCCC3)O2)C1. The van der Waals surface area contributed by atoms with Gasteiger partial charge >= 0.3 is 5.97 Å². The molecule has 2 aliphatic carbocycles. The molecule has 0 radical (unpaired) electrons. The summed E-state index contributed by atoms with van der Waals surface area (Å²) in [6.07, 6.45) is 11.8. The second-order valence-electron chi connectivity index (χ2n) is 6.23. The number of hydrogen-bond acceptors (Lipinski definition) is 4. The molecule has 1 aliphatic heterocycles. The van der Waals surface area contributed by atoms with Crippen LogP contribution in [0.15, 0.2) is 12.2 Å². The van der Waals surface area contributed by atoms with E-state index in [-0.39, 0.29) is 24.0 Å². The molecule has 3 atom stereocenters. The number of hydrogen-bond donors (Lipinski definition) is 0. The normalized spacial score (nSPS) is 36.1. The summed E-state index contributed by atoms with van der Waals surface area (Å²) in [7, 11) is 0. The molecular weight excluding hydrogens is 256 g/mol. The zero-order valence-electron chi connectivity index (χ0n) is 12.2. The zero-order chi connectivity index (χ0) is 14.0. The number of rotatable bonds is 2. The van der Waals surface area contributed by atoms with E-state index in [1.807, 2.05) is 0 Å². The molecule has 4 nitrogen and oxygen atoms in total. The van der Waals surface area contributed by atoms with E-state index in [0.717, 1.165) is 25.7 Å². The van der Waals surface area contributed by atoms with Gasteiger partial charge in [0.25, 0.3) is 0 Å². The summed E-state index contributed by atoms with van der Waals surface area (Å²) in [5.74, 6) is -0.212. The largest absolute Gasteiger partial charge is 0.462 e. The van der Waals surface area contributed by atoms with E-state index in [9.17, 15) is 4.79 Å². The van der Waals surface area contributed by atoms with Crippen molar-refractivity contribution in [2.24, 2.45) is 5.92 Å². The maximum absolute atomic E-state index is 11.1. The van der Waals surface area contributed by atoms with E-state index in [1.165, 1.54) is 26.2 Å². The van der Waals surface area contributed by atoms with Gasteiger partial charge in [0.15, 0.2) is 5.79 Å². The molecule has 3 aliphatic rings. The Labute approximate surface area is 120 Å².